The predicted molar refractivity (Wildman–Crippen MR) is 52.7 cm³/mol. The van der Waals surface area contributed by atoms with Crippen molar-refractivity contribution in [2.24, 2.45) is 5.41 Å². The molecule has 4 heteroatoms. The average molecular weight is 204 g/mol. The van der Waals surface area contributed by atoms with Crippen LogP contribution in [-0.2, 0) is 9.53 Å². The van der Waals surface area contributed by atoms with Gasteiger partial charge < -0.3 is 14.9 Å². The molecule has 84 valence electrons. The van der Waals surface area contributed by atoms with Crippen LogP contribution < -0.4 is 0 Å². The lowest BCUT2D eigenvalue weighted by atomic mass is 9.96. The molecule has 0 aliphatic heterocycles. The second-order valence-corrected chi connectivity index (χ2v) is 4.23. The van der Waals surface area contributed by atoms with Crippen LogP contribution in [0.3, 0.4) is 0 Å². The molecule has 0 saturated heterocycles. The molecule has 0 bridgehead atoms. The van der Waals surface area contributed by atoms with Gasteiger partial charge in [-0.25, -0.2) is 4.79 Å². The molecule has 1 unspecified atom stereocenters. The van der Waals surface area contributed by atoms with Gasteiger partial charge in [0.25, 0.3) is 0 Å². The Hall–Kier alpha value is -0.610. The zero-order valence-electron chi connectivity index (χ0n) is 9.12. The van der Waals surface area contributed by atoms with Gasteiger partial charge in [0.05, 0.1) is 13.2 Å². The first-order valence-corrected chi connectivity index (χ1v) is 4.88. The van der Waals surface area contributed by atoms with Gasteiger partial charge in [-0.3, -0.25) is 0 Å². The average Bonchev–Trinajstić information content (AvgIpc) is 2.15. The van der Waals surface area contributed by atoms with Crippen LogP contribution >= 0.6 is 0 Å². The topological polar surface area (TPSA) is 66.8 Å². The van der Waals surface area contributed by atoms with E-state index >= 15 is 0 Å². The molecular formula is C10H20O4. The molecule has 2 N–H and O–H groups in total. The van der Waals surface area contributed by atoms with Gasteiger partial charge in [0.15, 0.2) is 6.10 Å². The molecule has 0 rings (SSSR count). The molecule has 4 nitrogen and oxygen atoms in total. The summed E-state index contributed by atoms with van der Waals surface area (Å²) < 4.78 is 4.86. The number of aliphatic hydroxyl groups excluding tert-OH is 2. The van der Waals surface area contributed by atoms with E-state index in [0.717, 1.165) is 6.42 Å². The molecule has 0 radical (unpaired) electrons. The van der Waals surface area contributed by atoms with Crippen LogP contribution in [0.1, 0.15) is 33.6 Å². The fourth-order valence-electron chi connectivity index (χ4n) is 0.800. The summed E-state index contributed by atoms with van der Waals surface area (Å²) in [7, 11) is 0. The van der Waals surface area contributed by atoms with Crippen molar-refractivity contribution in [1.82, 2.24) is 0 Å². The van der Waals surface area contributed by atoms with Crippen LogP contribution in [0, 0.1) is 5.41 Å². The van der Waals surface area contributed by atoms with Crippen LogP contribution in [0.25, 0.3) is 0 Å². The molecule has 14 heavy (non-hydrogen) atoms. The molecule has 0 aliphatic rings. The van der Waals surface area contributed by atoms with Gasteiger partial charge in [-0.2, -0.15) is 0 Å². The van der Waals surface area contributed by atoms with E-state index in [1.807, 2.05) is 6.92 Å². The Morgan fingerprint density at radius 2 is 2.07 bits per heavy atom. The third-order valence-corrected chi connectivity index (χ3v) is 1.87. The Kier molecular flexibility index (Phi) is 5.72. The Bertz CT molecular complexity index is 177. The number of carbonyl (C=O) groups is 1. The van der Waals surface area contributed by atoms with Crippen LogP contribution in [0.15, 0.2) is 0 Å². The standard InChI is InChI=1S/C10H20O4/c1-4-5-8(12)9(13)14-7-10(2,3)6-11/h8,11-12H,4-7H2,1-3H3. The Balaban J connectivity index is 3.84. The number of aliphatic hydroxyl groups is 2. The number of carbonyl (C=O) groups excluding carboxylic acids is 1. The first-order valence-electron chi connectivity index (χ1n) is 4.88. The van der Waals surface area contributed by atoms with Crippen molar-refractivity contribution >= 4 is 5.97 Å². The SMILES string of the molecule is CCCC(O)C(=O)OCC(C)(C)CO. The summed E-state index contributed by atoms with van der Waals surface area (Å²) in [5.41, 5.74) is -0.443. The summed E-state index contributed by atoms with van der Waals surface area (Å²) in [6.45, 7) is 5.53. The van der Waals surface area contributed by atoms with Gasteiger partial charge in [-0.05, 0) is 6.42 Å². The second-order valence-electron chi connectivity index (χ2n) is 4.23. The Labute approximate surface area is 84.9 Å². The van der Waals surface area contributed by atoms with Crippen molar-refractivity contribution in [3.05, 3.63) is 0 Å². The van der Waals surface area contributed by atoms with Crippen molar-refractivity contribution in [1.29, 1.82) is 0 Å². The maximum Gasteiger partial charge on any atom is 0.334 e. The van der Waals surface area contributed by atoms with Gasteiger partial charge in [0, 0.05) is 5.41 Å². The Morgan fingerprint density at radius 1 is 1.50 bits per heavy atom. The van der Waals surface area contributed by atoms with Crippen molar-refractivity contribution in [3.63, 3.8) is 0 Å². The summed E-state index contributed by atoms with van der Waals surface area (Å²) in [6, 6.07) is 0. The second kappa shape index (κ2) is 5.98. The van der Waals surface area contributed by atoms with Crippen molar-refractivity contribution in [3.8, 4) is 0 Å². The number of esters is 1. The molecule has 0 spiro atoms. The normalized spacial score (nSPS) is 13.8. The zero-order valence-corrected chi connectivity index (χ0v) is 9.12. The molecule has 0 fully saturated rings. The highest BCUT2D eigenvalue weighted by Crippen LogP contribution is 2.14. The van der Waals surface area contributed by atoms with Crippen molar-refractivity contribution in [2.45, 2.75) is 39.7 Å². The first kappa shape index (κ1) is 13.4. The summed E-state index contributed by atoms with van der Waals surface area (Å²) in [4.78, 5) is 11.1. The number of rotatable bonds is 6. The van der Waals surface area contributed by atoms with Crippen molar-refractivity contribution in [2.75, 3.05) is 13.2 Å². The van der Waals surface area contributed by atoms with Gasteiger partial charge in [0.1, 0.15) is 0 Å². The minimum atomic E-state index is -1.03. The molecule has 0 amide bonds. The van der Waals surface area contributed by atoms with E-state index in [-0.39, 0.29) is 13.2 Å². The minimum Gasteiger partial charge on any atom is -0.463 e. The molecular weight excluding hydrogens is 184 g/mol. The highest BCUT2D eigenvalue weighted by molar-refractivity contribution is 5.74. The van der Waals surface area contributed by atoms with E-state index in [4.69, 9.17) is 9.84 Å². The molecule has 0 aromatic rings. The smallest absolute Gasteiger partial charge is 0.334 e. The summed E-state index contributed by atoms with van der Waals surface area (Å²) >= 11 is 0. The van der Waals surface area contributed by atoms with E-state index in [2.05, 4.69) is 0 Å². The van der Waals surface area contributed by atoms with E-state index in [9.17, 15) is 9.90 Å². The first-order chi connectivity index (χ1) is 6.43. The number of hydrogen-bond acceptors (Lipinski definition) is 4. The monoisotopic (exact) mass is 204 g/mol. The lowest BCUT2D eigenvalue weighted by molar-refractivity contribution is -0.157. The van der Waals surface area contributed by atoms with Crippen LogP contribution in [-0.4, -0.2) is 35.5 Å². The quantitative estimate of drug-likeness (QED) is 0.625. The van der Waals surface area contributed by atoms with Crippen molar-refractivity contribution < 1.29 is 19.7 Å². The summed E-state index contributed by atoms with van der Waals surface area (Å²) in [5, 5.41) is 18.1. The van der Waals surface area contributed by atoms with E-state index in [1.54, 1.807) is 13.8 Å². The van der Waals surface area contributed by atoms with E-state index in [0.29, 0.717) is 6.42 Å². The molecule has 1 atom stereocenters. The highest BCUT2D eigenvalue weighted by atomic mass is 16.5. The third-order valence-electron chi connectivity index (χ3n) is 1.87. The van der Waals surface area contributed by atoms with Gasteiger partial charge in [0.2, 0.25) is 0 Å². The minimum absolute atomic E-state index is 0.0514. The maximum absolute atomic E-state index is 11.1. The Morgan fingerprint density at radius 3 is 2.50 bits per heavy atom. The molecule has 0 aliphatic carbocycles. The molecule has 0 aromatic carbocycles. The van der Waals surface area contributed by atoms with Gasteiger partial charge >= 0.3 is 5.97 Å². The summed E-state index contributed by atoms with van der Waals surface area (Å²) in [5.74, 6) is -0.603. The maximum atomic E-state index is 11.1. The fourth-order valence-corrected chi connectivity index (χ4v) is 0.800. The lowest BCUT2D eigenvalue weighted by Crippen LogP contribution is -2.30. The van der Waals surface area contributed by atoms with Gasteiger partial charge in [-0.15, -0.1) is 0 Å². The van der Waals surface area contributed by atoms with E-state index < -0.39 is 17.5 Å². The zero-order chi connectivity index (χ0) is 11.2. The molecule has 0 aromatic heterocycles. The highest BCUT2D eigenvalue weighted by Gasteiger charge is 2.22. The number of hydrogen-bond donors (Lipinski definition) is 2. The van der Waals surface area contributed by atoms with Crippen LogP contribution in [0.4, 0.5) is 0 Å². The lowest BCUT2D eigenvalue weighted by Gasteiger charge is -2.21. The largest absolute Gasteiger partial charge is 0.463 e. The molecule has 0 heterocycles. The van der Waals surface area contributed by atoms with Gasteiger partial charge in [-0.1, -0.05) is 27.2 Å². The van der Waals surface area contributed by atoms with Crippen LogP contribution in [0.2, 0.25) is 0 Å². The predicted octanol–water partition coefficient (Wildman–Crippen LogP) is 0.709. The van der Waals surface area contributed by atoms with E-state index in [1.165, 1.54) is 0 Å². The third kappa shape index (κ3) is 5.19. The van der Waals surface area contributed by atoms with Crippen LogP contribution in [0.5, 0.6) is 0 Å². The molecule has 0 saturated carbocycles. The fraction of sp³-hybridized carbons (Fsp3) is 0.900. The summed E-state index contributed by atoms with van der Waals surface area (Å²) in [6.07, 6.45) is 0.118. The number of ether oxygens (including phenoxy) is 1.